The molecule has 11 heteroatoms. The van der Waals surface area contributed by atoms with E-state index in [1.807, 2.05) is 48.5 Å². The molecular formula is C25H31N7O3S. The molecule has 3 unspecified atom stereocenters. The number of para-hydroxylation sites is 1. The number of sulfonamides is 1. The second-order valence-corrected chi connectivity index (χ2v) is 11.8. The summed E-state index contributed by atoms with van der Waals surface area (Å²) in [4.78, 5) is 9.90. The van der Waals surface area contributed by atoms with Crippen molar-refractivity contribution < 1.29 is 12.8 Å². The maximum atomic E-state index is 12.2. The van der Waals surface area contributed by atoms with Crippen LogP contribution in [0.15, 0.2) is 47.0 Å². The number of aromatic amines is 1. The van der Waals surface area contributed by atoms with E-state index in [1.54, 1.807) is 6.07 Å². The monoisotopic (exact) mass is 509 g/mol. The molecule has 0 spiro atoms. The molecule has 3 atom stereocenters. The summed E-state index contributed by atoms with van der Waals surface area (Å²) in [6.07, 6.45) is 4.80. The molecule has 0 saturated heterocycles. The van der Waals surface area contributed by atoms with E-state index < -0.39 is 16.1 Å². The van der Waals surface area contributed by atoms with E-state index in [0.717, 1.165) is 33.6 Å². The number of nitrogens with zero attached hydrogens (tertiary/aromatic N) is 5. The van der Waals surface area contributed by atoms with Crippen LogP contribution in [0.5, 0.6) is 0 Å². The molecule has 1 fully saturated rings. The van der Waals surface area contributed by atoms with E-state index in [9.17, 15) is 8.42 Å². The lowest BCUT2D eigenvalue weighted by molar-refractivity contribution is 0.457. The number of nitrogens with two attached hydrogens (primary N) is 1. The van der Waals surface area contributed by atoms with Gasteiger partial charge in [-0.15, -0.1) is 10.2 Å². The summed E-state index contributed by atoms with van der Waals surface area (Å²) in [7, 11) is -0.0765. The smallest absolute Gasteiger partial charge is 0.248 e. The molecule has 1 aromatic carbocycles. The lowest BCUT2D eigenvalue weighted by atomic mass is 10.1. The molecule has 10 nitrogen and oxygen atoms in total. The average Bonchev–Trinajstić information content (AvgIpc) is 3.23. The number of aromatic nitrogens is 4. The summed E-state index contributed by atoms with van der Waals surface area (Å²) >= 11 is 0. The summed E-state index contributed by atoms with van der Waals surface area (Å²) in [5, 5.41) is 9.53. The summed E-state index contributed by atoms with van der Waals surface area (Å²) in [6, 6.07) is 11.0. The van der Waals surface area contributed by atoms with Gasteiger partial charge in [-0.05, 0) is 48.4 Å². The molecule has 3 N–H and O–H groups in total. The van der Waals surface area contributed by atoms with Crippen molar-refractivity contribution in [3.63, 3.8) is 0 Å². The quantitative estimate of drug-likeness (QED) is 0.351. The number of pyridine rings is 1. The zero-order valence-electron chi connectivity index (χ0n) is 20.8. The third-order valence-electron chi connectivity index (χ3n) is 6.91. The Labute approximate surface area is 210 Å². The Morgan fingerprint density at radius 1 is 1.19 bits per heavy atom. The van der Waals surface area contributed by atoms with Crippen molar-refractivity contribution in [2.24, 2.45) is 17.6 Å². The highest BCUT2D eigenvalue weighted by Crippen LogP contribution is 2.39. The standard InChI is InChI=1S/C25H31N7O3S/c1-15-9-18(15)14-31(2)22-11-16(12-23(28-22)32(3)36(4,33)34)24-29-30-25(35-24)20(26)10-17-13-27-21-8-6-5-7-19(17)21/h5-8,11-13,15,18,20,27H,9-10,14,26H2,1-4H3. The van der Waals surface area contributed by atoms with E-state index in [4.69, 9.17) is 10.2 Å². The van der Waals surface area contributed by atoms with E-state index >= 15 is 0 Å². The third kappa shape index (κ3) is 4.93. The van der Waals surface area contributed by atoms with Crippen molar-refractivity contribution in [1.29, 1.82) is 0 Å². The molecular weight excluding hydrogens is 478 g/mol. The Balaban J connectivity index is 1.43. The van der Waals surface area contributed by atoms with Gasteiger partial charge in [0.1, 0.15) is 11.6 Å². The number of fused-ring (bicyclic) bond motifs is 1. The van der Waals surface area contributed by atoms with Crippen LogP contribution >= 0.6 is 0 Å². The first-order chi connectivity index (χ1) is 17.1. The van der Waals surface area contributed by atoms with Crippen LogP contribution in [0.2, 0.25) is 0 Å². The Kier molecular flexibility index (Phi) is 6.21. The molecule has 190 valence electrons. The van der Waals surface area contributed by atoms with Gasteiger partial charge >= 0.3 is 0 Å². The molecule has 0 bridgehead atoms. The highest BCUT2D eigenvalue weighted by Gasteiger charge is 2.33. The van der Waals surface area contributed by atoms with E-state index in [0.29, 0.717) is 35.5 Å². The maximum absolute atomic E-state index is 12.2. The van der Waals surface area contributed by atoms with E-state index in [1.165, 1.54) is 13.5 Å². The molecule has 0 amide bonds. The van der Waals surface area contributed by atoms with Crippen molar-refractivity contribution in [1.82, 2.24) is 20.2 Å². The third-order valence-corrected chi connectivity index (χ3v) is 8.10. The predicted molar refractivity (Wildman–Crippen MR) is 140 cm³/mol. The van der Waals surface area contributed by atoms with Gasteiger partial charge in [0.25, 0.3) is 0 Å². The molecule has 1 aliphatic carbocycles. The Bertz CT molecular complexity index is 1500. The fourth-order valence-electron chi connectivity index (χ4n) is 4.38. The maximum Gasteiger partial charge on any atom is 0.248 e. The van der Waals surface area contributed by atoms with Crippen molar-refractivity contribution in [3.8, 4) is 11.5 Å². The molecule has 4 aromatic rings. The van der Waals surface area contributed by atoms with Crippen LogP contribution < -0.4 is 14.9 Å². The second kappa shape index (κ2) is 9.21. The minimum atomic E-state index is -3.51. The van der Waals surface area contributed by atoms with Crippen molar-refractivity contribution in [2.45, 2.75) is 25.8 Å². The molecule has 1 saturated carbocycles. The van der Waals surface area contributed by atoms with Crippen molar-refractivity contribution >= 4 is 32.6 Å². The lowest BCUT2D eigenvalue weighted by Crippen LogP contribution is -2.27. The lowest BCUT2D eigenvalue weighted by Gasteiger charge is -2.22. The minimum absolute atomic E-state index is 0.263. The SMILES string of the molecule is CC1CC1CN(C)c1cc(-c2nnc(C(N)Cc3c[nH]c4ccccc34)o2)cc(N(C)S(C)(=O)=O)n1. The normalized spacial score (nSPS) is 18.4. The number of hydrogen-bond acceptors (Lipinski definition) is 8. The van der Waals surface area contributed by atoms with Gasteiger partial charge in [0.15, 0.2) is 0 Å². The van der Waals surface area contributed by atoms with Crippen molar-refractivity contribution in [2.75, 3.05) is 36.1 Å². The van der Waals surface area contributed by atoms with Crippen LogP contribution in [0.4, 0.5) is 11.6 Å². The van der Waals surface area contributed by atoms with Gasteiger partial charge in [-0.3, -0.25) is 4.31 Å². The van der Waals surface area contributed by atoms with Crippen LogP contribution in [0.1, 0.15) is 30.8 Å². The molecule has 0 aliphatic heterocycles. The van der Waals surface area contributed by atoms with Gasteiger partial charge in [-0.1, -0.05) is 25.1 Å². The number of hydrogen-bond donors (Lipinski definition) is 2. The van der Waals surface area contributed by atoms with E-state index in [-0.39, 0.29) is 11.7 Å². The Morgan fingerprint density at radius 3 is 2.64 bits per heavy atom. The molecule has 36 heavy (non-hydrogen) atoms. The number of rotatable bonds is 9. The first-order valence-corrected chi connectivity index (χ1v) is 13.8. The van der Waals surface area contributed by atoms with Crippen LogP contribution in [-0.2, 0) is 16.4 Å². The predicted octanol–water partition coefficient (Wildman–Crippen LogP) is 3.34. The first-order valence-electron chi connectivity index (χ1n) is 11.9. The van der Waals surface area contributed by atoms with Gasteiger partial charge in [-0.25, -0.2) is 13.4 Å². The summed E-state index contributed by atoms with van der Waals surface area (Å²) < 4.78 is 31.6. The molecule has 3 heterocycles. The zero-order chi connectivity index (χ0) is 25.6. The minimum Gasteiger partial charge on any atom is -0.419 e. The number of H-pyrrole nitrogens is 1. The molecule has 1 aliphatic rings. The highest BCUT2D eigenvalue weighted by atomic mass is 32.2. The fraction of sp³-hybridized carbons (Fsp3) is 0.400. The largest absolute Gasteiger partial charge is 0.419 e. The van der Waals surface area contributed by atoms with E-state index in [2.05, 4.69) is 27.1 Å². The Morgan fingerprint density at radius 2 is 1.92 bits per heavy atom. The van der Waals surface area contributed by atoms with Crippen LogP contribution in [0, 0.1) is 11.8 Å². The van der Waals surface area contributed by atoms with Gasteiger partial charge in [-0.2, -0.15) is 0 Å². The van der Waals surface area contributed by atoms with Gasteiger partial charge in [0.2, 0.25) is 21.8 Å². The fourth-order valence-corrected chi connectivity index (χ4v) is 4.81. The van der Waals surface area contributed by atoms with Crippen molar-refractivity contribution in [3.05, 3.63) is 54.0 Å². The van der Waals surface area contributed by atoms with Gasteiger partial charge < -0.3 is 20.0 Å². The Hall–Kier alpha value is -3.44. The summed E-state index contributed by atoms with van der Waals surface area (Å²) in [5.41, 5.74) is 9.13. The van der Waals surface area contributed by atoms with Gasteiger partial charge in [0.05, 0.1) is 12.3 Å². The highest BCUT2D eigenvalue weighted by molar-refractivity contribution is 7.92. The second-order valence-electron chi connectivity index (χ2n) is 9.77. The van der Waals surface area contributed by atoms with Crippen LogP contribution in [0.25, 0.3) is 22.4 Å². The number of nitrogens with one attached hydrogen (secondary N) is 1. The number of anilines is 2. The molecule has 5 rings (SSSR count). The topological polar surface area (TPSA) is 134 Å². The average molecular weight is 510 g/mol. The van der Waals surface area contributed by atoms with Crippen LogP contribution in [0.3, 0.4) is 0 Å². The van der Waals surface area contributed by atoms with Crippen LogP contribution in [-0.4, -0.2) is 55.5 Å². The molecule has 0 radical (unpaired) electrons. The van der Waals surface area contributed by atoms with Gasteiger partial charge in [0, 0.05) is 43.3 Å². The first kappa shape index (κ1) is 24.3. The summed E-state index contributed by atoms with van der Waals surface area (Å²) in [6.45, 7) is 3.06. The number of benzene rings is 1. The summed E-state index contributed by atoms with van der Waals surface area (Å²) in [5.74, 6) is 2.79. The zero-order valence-corrected chi connectivity index (χ0v) is 21.7. The molecule has 3 aromatic heterocycles.